The Hall–Kier alpha value is -1.42. The molecule has 0 unspecified atom stereocenters. The van der Waals surface area contributed by atoms with E-state index in [-0.39, 0.29) is 0 Å². The first-order chi connectivity index (χ1) is 7.24. The van der Waals surface area contributed by atoms with Gasteiger partial charge in [0.15, 0.2) is 6.29 Å². The minimum Gasteiger partial charge on any atom is -0.480 e. The summed E-state index contributed by atoms with van der Waals surface area (Å²) >= 11 is 3.37. The number of carbonyl (C=O) groups excluding carboxylic acids is 1. The number of aromatic nitrogens is 1. The highest BCUT2D eigenvalue weighted by atomic mass is 79.9. The van der Waals surface area contributed by atoms with Crippen LogP contribution in [-0.2, 0) is 0 Å². The molecule has 0 aliphatic carbocycles. The van der Waals surface area contributed by atoms with Gasteiger partial charge >= 0.3 is 0 Å². The van der Waals surface area contributed by atoms with E-state index in [0.717, 1.165) is 21.7 Å². The van der Waals surface area contributed by atoms with Gasteiger partial charge in [-0.15, -0.1) is 0 Å². The van der Waals surface area contributed by atoms with Crippen molar-refractivity contribution in [3.63, 3.8) is 0 Å². The number of hydrogen-bond donors (Lipinski definition) is 0. The first-order valence-electron chi connectivity index (χ1n) is 4.34. The van der Waals surface area contributed by atoms with Gasteiger partial charge in [-0.25, -0.2) is 4.98 Å². The molecule has 0 saturated heterocycles. The van der Waals surface area contributed by atoms with Crippen molar-refractivity contribution in [2.75, 3.05) is 7.11 Å². The summed E-state index contributed by atoms with van der Waals surface area (Å²) in [5.41, 5.74) is 1.27. The first-order valence-corrected chi connectivity index (χ1v) is 5.13. The number of aldehydes is 1. The molecule has 2 rings (SSSR count). The van der Waals surface area contributed by atoms with Crippen molar-refractivity contribution in [1.82, 2.24) is 4.98 Å². The lowest BCUT2D eigenvalue weighted by Crippen LogP contribution is -1.94. The minimum atomic E-state index is 0.361. The Morgan fingerprint density at radius 3 is 2.87 bits per heavy atom. The molecule has 2 aromatic rings. The smallest absolute Gasteiger partial charge is 0.224 e. The molecule has 0 N–H and O–H groups in total. The van der Waals surface area contributed by atoms with Crippen LogP contribution in [0.1, 0.15) is 10.4 Å². The Balaban J connectivity index is 2.75. The van der Waals surface area contributed by atoms with Crippen LogP contribution in [-0.4, -0.2) is 18.4 Å². The number of fused-ring (bicyclic) bond motifs is 1. The summed E-state index contributed by atoms with van der Waals surface area (Å²) in [6.45, 7) is 0. The number of pyridine rings is 1. The lowest BCUT2D eigenvalue weighted by Gasteiger charge is -2.04. The van der Waals surface area contributed by atoms with E-state index in [0.29, 0.717) is 11.4 Å². The van der Waals surface area contributed by atoms with Gasteiger partial charge < -0.3 is 4.74 Å². The summed E-state index contributed by atoms with van der Waals surface area (Å²) in [6, 6.07) is 7.44. The molecule has 0 spiro atoms. The Bertz CT molecular complexity index is 525. The van der Waals surface area contributed by atoms with E-state index < -0.39 is 0 Å². The minimum absolute atomic E-state index is 0.361. The summed E-state index contributed by atoms with van der Waals surface area (Å²) in [7, 11) is 1.50. The highest BCUT2D eigenvalue weighted by molar-refractivity contribution is 9.10. The molecule has 1 heterocycles. The molecule has 4 heteroatoms. The van der Waals surface area contributed by atoms with E-state index in [1.807, 2.05) is 18.2 Å². The third kappa shape index (κ3) is 1.85. The SMILES string of the molecule is COc1nc2ccc(Br)cc2cc1C=O. The molecular formula is C11H8BrNO2. The normalized spacial score (nSPS) is 10.3. The molecule has 76 valence electrons. The van der Waals surface area contributed by atoms with Crippen molar-refractivity contribution in [2.45, 2.75) is 0 Å². The Morgan fingerprint density at radius 2 is 2.20 bits per heavy atom. The second-order valence-corrected chi connectivity index (χ2v) is 3.96. The molecule has 1 aromatic heterocycles. The van der Waals surface area contributed by atoms with Crippen molar-refractivity contribution >= 4 is 33.1 Å². The van der Waals surface area contributed by atoms with E-state index >= 15 is 0 Å². The molecular weight excluding hydrogens is 258 g/mol. The molecule has 0 fully saturated rings. The lowest BCUT2D eigenvalue weighted by molar-refractivity contribution is 0.112. The average Bonchev–Trinajstić information content (AvgIpc) is 2.27. The maximum Gasteiger partial charge on any atom is 0.224 e. The zero-order valence-electron chi connectivity index (χ0n) is 8.03. The van der Waals surface area contributed by atoms with Crippen LogP contribution in [0.5, 0.6) is 5.88 Å². The van der Waals surface area contributed by atoms with Crippen molar-refractivity contribution in [1.29, 1.82) is 0 Å². The quantitative estimate of drug-likeness (QED) is 0.784. The molecule has 0 aliphatic heterocycles. The molecule has 0 radical (unpaired) electrons. The standard InChI is InChI=1S/C11H8BrNO2/c1-15-11-8(6-14)4-7-5-9(12)2-3-10(7)13-11/h2-6H,1H3. The van der Waals surface area contributed by atoms with Gasteiger partial charge in [0.1, 0.15) is 0 Å². The average molecular weight is 266 g/mol. The van der Waals surface area contributed by atoms with Gasteiger partial charge in [-0.3, -0.25) is 4.79 Å². The van der Waals surface area contributed by atoms with Gasteiger partial charge in [0.25, 0.3) is 0 Å². The van der Waals surface area contributed by atoms with Crippen molar-refractivity contribution in [3.8, 4) is 5.88 Å². The third-order valence-corrected chi connectivity index (χ3v) is 2.58. The number of halogens is 1. The zero-order valence-corrected chi connectivity index (χ0v) is 9.61. The molecule has 3 nitrogen and oxygen atoms in total. The Kier molecular flexibility index (Phi) is 2.68. The van der Waals surface area contributed by atoms with Crippen LogP contribution in [0.4, 0.5) is 0 Å². The molecule has 0 amide bonds. The molecule has 0 aliphatic rings. The zero-order chi connectivity index (χ0) is 10.8. The topological polar surface area (TPSA) is 39.2 Å². The van der Waals surface area contributed by atoms with Crippen LogP contribution >= 0.6 is 15.9 Å². The van der Waals surface area contributed by atoms with Crippen LogP contribution in [0.3, 0.4) is 0 Å². The van der Waals surface area contributed by atoms with Crippen LogP contribution in [0, 0.1) is 0 Å². The number of ether oxygens (including phenoxy) is 1. The van der Waals surface area contributed by atoms with Crippen molar-refractivity contribution in [3.05, 3.63) is 34.3 Å². The maximum atomic E-state index is 10.8. The predicted octanol–water partition coefficient (Wildman–Crippen LogP) is 2.82. The van der Waals surface area contributed by atoms with Gasteiger partial charge in [0.05, 0.1) is 18.2 Å². The fourth-order valence-corrected chi connectivity index (χ4v) is 1.77. The van der Waals surface area contributed by atoms with Gasteiger partial charge in [0, 0.05) is 9.86 Å². The summed E-state index contributed by atoms with van der Waals surface area (Å²) in [6.07, 6.45) is 0.742. The van der Waals surface area contributed by atoms with Crippen molar-refractivity contribution in [2.24, 2.45) is 0 Å². The van der Waals surface area contributed by atoms with Gasteiger partial charge in [-0.05, 0) is 24.3 Å². The van der Waals surface area contributed by atoms with Crippen molar-refractivity contribution < 1.29 is 9.53 Å². The fourth-order valence-electron chi connectivity index (χ4n) is 1.39. The van der Waals surface area contributed by atoms with E-state index in [4.69, 9.17) is 4.74 Å². The van der Waals surface area contributed by atoms with E-state index in [2.05, 4.69) is 20.9 Å². The second kappa shape index (κ2) is 3.98. The number of benzene rings is 1. The van der Waals surface area contributed by atoms with Gasteiger partial charge in [-0.2, -0.15) is 0 Å². The van der Waals surface area contributed by atoms with Crippen LogP contribution in [0.15, 0.2) is 28.7 Å². The summed E-state index contributed by atoms with van der Waals surface area (Å²) in [5.74, 6) is 0.361. The Morgan fingerprint density at radius 1 is 1.40 bits per heavy atom. The van der Waals surface area contributed by atoms with Crippen LogP contribution in [0.25, 0.3) is 10.9 Å². The largest absolute Gasteiger partial charge is 0.480 e. The first kappa shape index (κ1) is 10.1. The highest BCUT2D eigenvalue weighted by Crippen LogP contribution is 2.23. The summed E-state index contributed by atoms with van der Waals surface area (Å²) in [4.78, 5) is 15.0. The predicted molar refractivity (Wildman–Crippen MR) is 61.4 cm³/mol. The number of rotatable bonds is 2. The molecule has 0 atom stereocenters. The number of hydrogen-bond acceptors (Lipinski definition) is 3. The van der Waals surface area contributed by atoms with E-state index in [9.17, 15) is 4.79 Å². The molecule has 15 heavy (non-hydrogen) atoms. The third-order valence-electron chi connectivity index (χ3n) is 2.09. The van der Waals surface area contributed by atoms with Gasteiger partial charge in [-0.1, -0.05) is 15.9 Å². The van der Waals surface area contributed by atoms with Crippen LogP contribution in [0.2, 0.25) is 0 Å². The summed E-state index contributed by atoms with van der Waals surface area (Å²) in [5, 5.41) is 0.910. The second-order valence-electron chi connectivity index (χ2n) is 3.04. The lowest BCUT2D eigenvalue weighted by atomic mass is 10.1. The molecule has 1 aromatic carbocycles. The van der Waals surface area contributed by atoms with E-state index in [1.165, 1.54) is 7.11 Å². The molecule has 0 bridgehead atoms. The van der Waals surface area contributed by atoms with Gasteiger partial charge in [0.2, 0.25) is 5.88 Å². The maximum absolute atomic E-state index is 10.8. The van der Waals surface area contributed by atoms with E-state index in [1.54, 1.807) is 6.07 Å². The Labute approximate surface area is 95.2 Å². The monoisotopic (exact) mass is 265 g/mol. The number of nitrogens with zero attached hydrogens (tertiary/aromatic N) is 1. The number of methoxy groups -OCH3 is 1. The number of carbonyl (C=O) groups is 1. The molecule has 0 saturated carbocycles. The highest BCUT2D eigenvalue weighted by Gasteiger charge is 2.06. The van der Waals surface area contributed by atoms with Crippen LogP contribution < -0.4 is 4.74 Å². The fraction of sp³-hybridized carbons (Fsp3) is 0.0909. The summed E-state index contributed by atoms with van der Waals surface area (Å²) < 4.78 is 5.98.